The van der Waals surface area contributed by atoms with Gasteiger partial charge in [0.1, 0.15) is 5.82 Å². The number of halogens is 1. The van der Waals surface area contributed by atoms with E-state index >= 15 is 0 Å². The second-order valence-electron chi connectivity index (χ2n) is 5.98. The molecular weight excluding hydrogens is 315 g/mol. The van der Waals surface area contributed by atoms with Crippen LogP contribution in [0.4, 0.5) is 4.39 Å². The minimum atomic E-state index is -0.991. The maximum atomic E-state index is 13.0. The predicted octanol–water partition coefficient (Wildman–Crippen LogP) is 0.719. The molecule has 8 heteroatoms. The van der Waals surface area contributed by atoms with Gasteiger partial charge in [-0.1, -0.05) is 5.21 Å². The van der Waals surface area contributed by atoms with Gasteiger partial charge in [0.2, 0.25) is 0 Å². The number of amides is 1. The van der Waals surface area contributed by atoms with Crippen LogP contribution in [-0.2, 0) is 0 Å². The zero-order valence-electron chi connectivity index (χ0n) is 13.2. The summed E-state index contributed by atoms with van der Waals surface area (Å²) in [5.41, 5.74) is 1.23. The van der Waals surface area contributed by atoms with Gasteiger partial charge in [0.05, 0.1) is 29.6 Å². The molecule has 2 aromatic rings. The fourth-order valence-corrected chi connectivity index (χ4v) is 2.92. The van der Waals surface area contributed by atoms with Crippen molar-refractivity contribution in [3.63, 3.8) is 0 Å². The molecule has 128 valence electrons. The molecule has 0 saturated heterocycles. The maximum absolute atomic E-state index is 13.0. The molecule has 1 saturated carbocycles. The van der Waals surface area contributed by atoms with E-state index < -0.39 is 24.2 Å². The Morgan fingerprint density at radius 1 is 1.29 bits per heavy atom. The van der Waals surface area contributed by atoms with Crippen molar-refractivity contribution < 1.29 is 19.4 Å². The molecule has 1 amide bonds. The molecule has 0 unspecified atom stereocenters. The fraction of sp³-hybridized carbons (Fsp3) is 0.438. The van der Waals surface area contributed by atoms with Crippen molar-refractivity contribution in [2.45, 2.75) is 44.4 Å². The zero-order chi connectivity index (χ0) is 17.3. The summed E-state index contributed by atoms with van der Waals surface area (Å²) < 4.78 is 14.5. The van der Waals surface area contributed by atoms with E-state index in [4.69, 9.17) is 0 Å². The number of aliphatic hydroxyl groups excluding tert-OH is 2. The second kappa shape index (κ2) is 6.66. The molecule has 0 radical (unpaired) electrons. The van der Waals surface area contributed by atoms with Crippen LogP contribution in [0.25, 0.3) is 5.69 Å². The number of carbonyl (C=O) groups excluding carboxylic acids is 1. The molecule has 1 aliphatic rings. The molecule has 1 aliphatic carbocycles. The average Bonchev–Trinajstić information content (AvgIpc) is 2.94. The summed E-state index contributed by atoms with van der Waals surface area (Å²) in [6.07, 6.45) is 0.0162. The monoisotopic (exact) mass is 334 g/mol. The van der Waals surface area contributed by atoms with E-state index in [1.165, 1.54) is 16.8 Å². The average molecular weight is 334 g/mol. The van der Waals surface area contributed by atoms with Crippen molar-refractivity contribution in [3.05, 3.63) is 41.5 Å². The zero-order valence-corrected chi connectivity index (χ0v) is 13.2. The first kappa shape index (κ1) is 16.5. The van der Waals surface area contributed by atoms with E-state index in [1.54, 1.807) is 19.1 Å². The van der Waals surface area contributed by atoms with Gasteiger partial charge in [-0.15, -0.1) is 5.10 Å². The van der Waals surface area contributed by atoms with Gasteiger partial charge in [-0.25, -0.2) is 9.07 Å². The van der Waals surface area contributed by atoms with Gasteiger partial charge in [0, 0.05) is 0 Å². The minimum absolute atomic E-state index is 0.131. The topological polar surface area (TPSA) is 100 Å². The second-order valence-corrected chi connectivity index (χ2v) is 5.98. The molecule has 1 heterocycles. The van der Waals surface area contributed by atoms with E-state index in [1.807, 2.05) is 0 Å². The number of rotatable bonds is 3. The quantitative estimate of drug-likeness (QED) is 0.768. The molecule has 24 heavy (non-hydrogen) atoms. The normalized spacial score (nSPS) is 23.9. The van der Waals surface area contributed by atoms with E-state index in [9.17, 15) is 19.4 Å². The van der Waals surface area contributed by atoms with Gasteiger partial charge in [0.25, 0.3) is 5.91 Å². The van der Waals surface area contributed by atoms with Crippen LogP contribution in [0.3, 0.4) is 0 Å². The predicted molar refractivity (Wildman–Crippen MR) is 83.2 cm³/mol. The molecule has 3 atom stereocenters. The third kappa shape index (κ3) is 3.15. The number of nitrogens with one attached hydrogen (secondary N) is 1. The van der Waals surface area contributed by atoms with Crippen LogP contribution >= 0.6 is 0 Å². The van der Waals surface area contributed by atoms with Crippen molar-refractivity contribution in [3.8, 4) is 5.69 Å². The van der Waals surface area contributed by atoms with E-state index in [2.05, 4.69) is 15.6 Å². The molecule has 3 N–H and O–H groups in total. The summed E-state index contributed by atoms with van der Waals surface area (Å²) in [5, 5.41) is 30.2. The maximum Gasteiger partial charge on any atom is 0.274 e. The lowest BCUT2D eigenvalue weighted by molar-refractivity contribution is -0.0278. The highest BCUT2D eigenvalue weighted by atomic mass is 19.1. The number of carbonyl (C=O) groups is 1. The summed E-state index contributed by atoms with van der Waals surface area (Å²) in [6.45, 7) is 1.68. The van der Waals surface area contributed by atoms with Gasteiger partial charge in [-0.05, 0) is 50.5 Å². The lowest BCUT2D eigenvalue weighted by Gasteiger charge is -2.32. The van der Waals surface area contributed by atoms with E-state index in [0.717, 1.165) is 6.42 Å². The molecule has 0 spiro atoms. The fourth-order valence-electron chi connectivity index (χ4n) is 2.92. The van der Waals surface area contributed by atoms with Crippen molar-refractivity contribution in [1.82, 2.24) is 20.3 Å². The summed E-state index contributed by atoms with van der Waals surface area (Å²) in [6, 6.07) is 5.17. The Labute approximate surface area is 138 Å². The Kier molecular flexibility index (Phi) is 4.59. The molecule has 7 nitrogen and oxygen atoms in total. The van der Waals surface area contributed by atoms with E-state index in [-0.39, 0.29) is 11.5 Å². The van der Waals surface area contributed by atoms with Gasteiger partial charge >= 0.3 is 0 Å². The van der Waals surface area contributed by atoms with Crippen molar-refractivity contribution in [1.29, 1.82) is 0 Å². The van der Waals surface area contributed by atoms with Crippen molar-refractivity contribution in [2.75, 3.05) is 0 Å². The van der Waals surface area contributed by atoms with Crippen LogP contribution in [0.2, 0.25) is 0 Å². The first-order valence-corrected chi connectivity index (χ1v) is 7.82. The first-order valence-electron chi connectivity index (χ1n) is 7.82. The van der Waals surface area contributed by atoms with Crippen LogP contribution in [0, 0.1) is 12.7 Å². The Morgan fingerprint density at radius 3 is 2.71 bits per heavy atom. The van der Waals surface area contributed by atoms with E-state index in [0.29, 0.717) is 24.2 Å². The molecule has 0 aliphatic heterocycles. The van der Waals surface area contributed by atoms with Crippen LogP contribution in [-0.4, -0.2) is 49.4 Å². The highest BCUT2D eigenvalue weighted by Gasteiger charge is 2.32. The number of benzene rings is 1. The molecule has 1 aromatic heterocycles. The number of aromatic nitrogens is 3. The minimum Gasteiger partial charge on any atom is -0.390 e. The van der Waals surface area contributed by atoms with Gasteiger partial charge < -0.3 is 15.5 Å². The third-order valence-corrected chi connectivity index (χ3v) is 4.32. The van der Waals surface area contributed by atoms with Gasteiger partial charge in [-0.3, -0.25) is 4.79 Å². The number of hydrogen-bond acceptors (Lipinski definition) is 5. The molecular formula is C16H19FN4O3. The van der Waals surface area contributed by atoms with Crippen molar-refractivity contribution in [2.24, 2.45) is 0 Å². The lowest BCUT2D eigenvalue weighted by atomic mass is 9.90. The molecule has 0 bridgehead atoms. The molecule has 1 fully saturated rings. The Hall–Kier alpha value is -2.32. The van der Waals surface area contributed by atoms with Gasteiger partial charge in [0.15, 0.2) is 5.69 Å². The van der Waals surface area contributed by atoms with Crippen LogP contribution in [0.15, 0.2) is 24.3 Å². The third-order valence-electron chi connectivity index (χ3n) is 4.32. The number of hydrogen-bond donors (Lipinski definition) is 3. The standard InChI is InChI=1S/C16H19FN4O3/c1-9-14(16(24)18-12-3-2-4-13(22)15(12)23)19-20-21(9)11-7-5-10(17)6-8-11/h5-8,12-13,15,22-23H,2-4H2,1H3,(H,18,24)/t12-,13-,15-/m1/s1. The summed E-state index contributed by atoms with van der Waals surface area (Å²) in [7, 11) is 0. The lowest BCUT2D eigenvalue weighted by Crippen LogP contribution is -2.51. The summed E-state index contributed by atoms with van der Waals surface area (Å²) in [4.78, 5) is 12.4. The smallest absolute Gasteiger partial charge is 0.274 e. The largest absolute Gasteiger partial charge is 0.390 e. The Morgan fingerprint density at radius 2 is 2.00 bits per heavy atom. The first-order chi connectivity index (χ1) is 11.5. The Balaban J connectivity index is 1.77. The van der Waals surface area contributed by atoms with Crippen LogP contribution < -0.4 is 5.32 Å². The SMILES string of the molecule is Cc1c(C(=O)N[C@@H]2CCC[C@@H](O)[C@@H]2O)nnn1-c1ccc(F)cc1. The van der Waals surface area contributed by atoms with Crippen LogP contribution in [0.5, 0.6) is 0 Å². The Bertz CT molecular complexity index is 731. The molecule has 1 aromatic carbocycles. The highest BCUT2D eigenvalue weighted by Crippen LogP contribution is 2.20. The molecule has 3 rings (SSSR count). The highest BCUT2D eigenvalue weighted by molar-refractivity contribution is 5.93. The van der Waals surface area contributed by atoms with Crippen molar-refractivity contribution >= 4 is 5.91 Å². The van der Waals surface area contributed by atoms with Crippen LogP contribution in [0.1, 0.15) is 35.4 Å². The van der Waals surface area contributed by atoms with Gasteiger partial charge in [-0.2, -0.15) is 0 Å². The summed E-state index contributed by atoms with van der Waals surface area (Å²) in [5.74, 6) is -0.821. The number of aliphatic hydroxyl groups is 2. The summed E-state index contributed by atoms with van der Waals surface area (Å²) >= 11 is 0. The number of nitrogens with zero attached hydrogens (tertiary/aromatic N) is 3.